The highest BCUT2D eigenvalue weighted by molar-refractivity contribution is 5.97. The molecule has 0 spiro atoms. The number of carbonyl (C=O) groups excluding carboxylic acids is 1. The number of aliphatic hydroxyl groups is 1. The summed E-state index contributed by atoms with van der Waals surface area (Å²) in [6.45, 7) is 2.26. The van der Waals surface area contributed by atoms with Gasteiger partial charge in [0.2, 0.25) is 0 Å². The van der Waals surface area contributed by atoms with Crippen molar-refractivity contribution in [2.45, 2.75) is 25.9 Å². The molecule has 0 fully saturated rings. The van der Waals surface area contributed by atoms with Gasteiger partial charge in [0, 0.05) is 12.6 Å². The third-order valence-corrected chi connectivity index (χ3v) is 2.74. The summed E-state index contributed by atoms with van der Waals surface area (Å²) in [6.07, 6.45) is 1.06. The van der Waals surface area contributed by atoms with Gasteiger partial charge in [-0.15, -0.1) is 0 Å². The maximum atomic E-state index is 12.0. The molecule has 1 atom stereocenters. The van der Waals surface area contributed by atoms with Crippen LogP contribution in [0.2, 0.25) is 0 Å². The zero-order chi connectivity index (χ0) is 14.3. The first-order chi connectivity index (χ1) is 9.08. The van der Waals surface area contributed by atoms with Crippen molar-refractivity contribution in [2.75, 3.05) is 20.8 Å². The molecule has 0 aliphatic heterocycles. The van der Waals surface area contributed by atoms with Gasteiger partial charge in [0.05, 0.1) is 25.9 Å². The SMILES string of the molecule is COc1ccc(C(=O)NCCCC(C)O)c(OC)c1. The fraction of sp³-hybridized carbons (Fsp3) is 0.500. The first-order valence-electron chi connectivity index (χ1n) is 6.26. The van der Waals surface area contributed by atoms with Gasteiger partial charge in [-0.2, -0.15) is 0 Å². The second kappa shape index (κ2) is 7.63. The molecule has 106 valence electrons. The Bertz CT molecular complexity index is 418. The molecule has 1 unspecified atom stereocenters. The molecule has 1 aromatic carbocycles. The Morgan fingerprint density at radius 3 is 2.68 bits per heavy atom. The highest BCUT2D eigenvalue weighted by atomic mass is 16.5. The molecule has 1 aromatic rings. The van der Waals surface area contributed by atoms with Crippen molar-refractivity contribution in [3.8, 4) is 11.5 Å². The molecule has 0 bridgehead atoms. The van der Waals surface area contributed by atoms with Gasteiger partial charge in [-0.25, -0.2) is 0 Å². The van der Waals surface area contributed by atoms with Crippen LogP contribution < -0.4 is 14.8 Å². The van der Waals surface area contributed by atoms with Crippen LogP contribution >= 0.6 is 0 Å². The van der Waals surface area contributed by atoms with E-state index in [9.17, 15) is 4.79 Å². The zero-order valence-corrected chi connectivity index (χ0v) is 11.6. The second-order valence-corrected chi connectivity index (χ2v) is 4.31. The number of ether oxygens (including phenoxy) is 2. The summed E-state index contributed by atoms with van der Waals surface area (Å²) in [7, 11) is 3.07. The van der Waals surface area contributed by atoms with E-state index in [2.05, 4.69) is 5.32 Å². The maximum absolute atomic E-state index is 12.0. The molecule has 5 heteroatoms. The first-order valence-corrected chi connectivity index (χ1v) is 6.26. The number of aliphatic hydroxyl groups excluding tert-OH is 1. The van der Waals surface area contributed by atoms with E-state index in [4.69, 9.17) is 14.6 Å². The van der Waals surface area contributed by atoms with E-state index in [1.54, 1.807) is 32.2 Å². The highest BCUT2D eigenvalue weighted by Crippen LogP contribution is 2.24. The summed E-state index contributed by atoms with van der Waals surface area (Å²) < 4.78 is 10.2. The largest absolute Gasteiger partial charge is 0.497 e. The lowest BCUT2D eigenvalue weighted by atomic mass is 10.1. The Labute approximate surface area is 113 Å². The topological polar surface area (TPSA) is 67.8 Å². The van der Waals surface area contributed by atoms with Gasteiger partial charge in [-0.3, -0.25) is 4.79 Å². The van der Waals surface area contributed by atoms with Gasteiger partial charge in [-0.05, 0) is 31.9 Å². The Balaban J connectivity index is 2.61. The molecule has 0 radical (unpaired) electrons. The van der Waals surface area contributed by atoms with Crippen LogP contribution in [0.25, 0.3) is 0 Å². The molecule has 1 rings (SSSR count). The predicted octanol–water partition coefficient (Wildman–Crippen LogP) is 1.59. The average molecular weight is 267 g/mol. The number of methoxy groups -OCH3 is 2. The predicted molar refractivity (Wildman–Crippen MR) is 72.8 cm³/mol. The number of carbonyl (C=O) groups is 1. The van der Waals surface area contributed by atoms with Crippen LogP contribution in [-0.2, 0) is 0 Å². The van der Waals surface area contributed by atoms with Gasteiger partial charge in [0.25, 0.3) is 5.91 Å². The van der Waals surface area contributed by atoms with Gasteiger partial charge in [0.1, 0.15) is 11.5 Å². The maximum Gasteiger partial charge on any atom is 0.255 e. The molecular formula is C14H21NO4. The molecule has 5 nitrogen and oxygen atoms in total. The summed E-state index contributed by atoms with van der Waals surface area (Å²) in [5, 5.41) is 11.9. The molecule has 19 heavy (non-hydrogen) atoms. The standard InChI is InChI=1S/C14H21NO4/c1-10(16)5-4-8-15-14(17)12-7-6-11(18-2)9-13(12)19-3/h6-7,9-10,16H,4-5,8H2,1-3H3,(H,15,17). The van der Waals surface area contributed by atoms with E-state index >= 15 is 0 Å². The summed E-state index contributed by atoms with van der Waals surface area (Å²) in [5.74, 6) is 0.931. The number of hydrogen-bond donors (Lipinski definition) is 2. The van der Waals surface area contributed by atoms with Gasteiger partial charge in [-0.1, -0.05) is 0 Å². The monoisotopic (exact) mass is 267 g/mol. The minimum Gasteiger partial charge on any atom is -0.497 e. The third kappa shape index (κ3) is 4.79. The van der Waals surface area contributed by atoms with Crippen LogP contribution in [0.4, 0.5) is 0 Å². The number of nitrogens with one attached hydrogen (secondary N) is 1. The van der Waals surface area contributed by atoms with Crippen molar-refractivity contribution in [3.05, 3.63) is 23.8 Å². The molecule has 0 saturated carbocycles. The Morgan fingerprint density at radius 1 is 1.37 bits per heavy atom. The fourth-order valence-electron chi connectivity index (χ4n) is 1.68. The van der Waals surface area contributed by atoms with E-state index < -0.39 is 0 Å². The normalized spacial score (nSPS) is 11.8. The van der Waals surface area contributed by atoms with Crippen molar-refractivity contribution in [3.63, 3.8) is 0 Å². The van der Waals surface area contributed by atoms with Gasteiger partial charge in [0.15, 0.2) is 0 Å². The lowest BCUT2D eigenvalue weighted by Crippen LogP contribution is -2.25. The van der Waals surface area contributed by atoms with E-state index in [1.165, 1.54) is 7.11 Å². The van der Waals surface area contributed by atoms with Crippen LogP contribution in [-0.4, -0.2) is 37.9 Å². The van der Waals surface area contributed by atoms with E-state index in [0.717, 1.165) is 6.42 Å². The number of benzene rings is 1. The average Bonchev–Trinajstić information content (AvgIpc) is 2.42. The van der Waals surface area contributed by atoms with Crippen LogP contribution in [0.3, 0.4) is 0 Å². The number of hydrogen-bond acceptors (Lipinski definition) is 4. The molecule has 1 amide bonds. The summed E-state index contributed by atoms with van der Waals surface area (Å²) in [6, 6.07) is 5.06. The van der Waals surface area contributed by atoms with Gasteiger partial charge < -0.3 is 19.9 Å². The fourth-order valence-corrected chi connectivity index (χ4v) is 1.68. The van der Waals surface area contributed by atoms with Crippen LogP contribution in [0.15, 0.2) is 18.2 Å². The molecule has 2 N–H and O–H groups in total. The number of rotatable bonds is 7. The smallest absolute Gasteiger partial charge is 0.255 e. The van der Waals surface area contributed by atoms with E-state index in [-0.39, 0.29) is 12.0 Å². The minimum atomic E-state index is -0.340. The van der Waals surface area contributed by atoms with E-state index in [0.29, 0.717) is 30.0 Å². The summed E-state index contributed by atoms with van der Waals surface area (Å²) in [5.41, 5.74) is 0.473. The second-order valence-electron chi connectivity index (χ2n) is 4.31. The molecule has 0 heterocycles. The van der Waals surface area contributed by atoms with Crippen molar-refractivity contribution in [1.82, 2.24) is 5.32 Å². The Hall–Kier alpha value is -1.75. The quantitative estimate of drug-likeness (QED) is 0.736. The molecule has 0 aliphatic rings. The lowest BCUT2D eigenvalue weighted by Gasteiger charge is -2.11. The first kappa shape index (κ1) is 15.3. The van der Waals surface area contributed by atoms with Crippen LogP contribution in [0.5, 0.6) is 11.5 Å². The summed E-state index contributed by atoms with van der Waals surface area (Å²) >= 11 is 0. The highest BCUT2D eigenvalue weighted by Gasteiger charge is 2.12. The van der Waals surface area contributed by atoms with Crippen molar-refractivity contribution < 1.29 is 19.4 Å². The molecule has 0 aliphatic carbocycles. The molecular weight excluding hydrogens is 246 g/mol. The molecule has 0 saturated heterocycles. The summed E-state index contributed by atoms with van der Waals surface area (Å²) in [4.78, 5) is 12.0. The Morgan fingerprint density at radius 2 is 2.11 bits per heavy atom. The van der Waals surface area contributed by atoms with Crippen LogP contribution in [0.1, 0.15) is 30.1 Å². The van der Waals surface area contributed by atoms with Crippen molar-refractivity contribution >= 4 is 5.91 Å². The third-order valence-electron chi connectivity index (χ3n) is 2.74. The lowest BCUT2D eigenvalue weighted by molar-refractivity contribution is 0.0946. The van der Waals surface area contributed by atoms with Crippen LogP contribution in [0, 0.1) is 0 Å². The molecule has 0 aromatic heterocycles. The number of amides is 1. The van der Waals surface area contributed by atoms with Crippen molar-refractivity contribution in [2.24, 2.45) is 0 Å². The van der Waals surface area contributed by atoms with Crippen molar-refractivity contribution in [1.29, 1.82) is 0 Å². The van der Waals surface area contributed by atoms with E-state index in [1.807, 2.05) is 0 Å². The minimum absolute atomic E-state index is 0.190. The Kier molecular flexibility index (Phi) is 6.15. The zero-order valence-electron chi connectivity index (χ0n) is 11.6. The van der Waals surface area contributed by atoms with Gasteiger partial charge >= 0.3 is 0 Å².